The van der Waals surface area contributed by atoms with Gasteiger partial charge in [-0.25, -0.2) is 0 Å². The molecule has 0 unspecified atom stereocenters. The summed E-state index contributed by atoms with van der Waals surface area (Å²) in [5.41, 5.74) is 0. The Kier molecular flexibility index (Phi) is 9.96. The number of unbranched alkanes of at least 4 members (excludes halogenated alkanes) is 4. The Morgan fingerprint density at radius 3 is 2.46 bits per heavy atom. The Morgan fingerprint density at radius 2 is 1.71 bits per heavy atom. The van der Waals surface area contributed by atoms with Crippen LogP contribution < -0.4 is 0 Å². The highest BCUT2D eigenvalue weighted by Gasteiger charge is 2.47. The number of thioether (sulfide) groups is 2. The predicted molar refractivity (Wildman–Crippen MR) is 105 cm³/mol. The highest BCUT2D eigenvalue weighted by molar-refractivity contribution is 7.99. The van der Waals surface area contributed by atoms with Gasteiger partial charge in [0.25, 0.3) is 0 Å². The van der Waals surface area contributed by atoms with Gasteiger partial charge in [-0.1, -0.05) is 32.6 Å². The zero-order valence-electron chi connectivity index (χ0n) is 15.1. The van der Waals surface area contributed by atoms with Crippen molar-refractivity contribution in [2.24, 2.45) is 11.8 Å². The van der Waals surface area contributed by atoms with Crippen LogP contribution in [0.4, 0.5) is 0 Å². The summed E-state index contributed by atoms with van der Waals surface area (Å²) >= 11 is 3.69. The van der Waals surface area contributed by atoms with E-state index in [1.54, 1.807) is 11.8 Å². The molecule has 0 aliphatic carbocycles. The molecule has 4 atom stereocenters. The average molecular weight is 375 g/mol. The lowest BCUT2D eigenvalue weighted by Gasteiger charge is -2.27. The number of hydrogen-bond donors (Lipinski definition) is 1. The molecule has 1 N–H and O–H groups in total. The van der Waals surface area contributed by atoms with Crippen LogP contribution >= 0.6 is 23.5 Å². The molecule has 5 heteroatoms. The molecule has 2 saturated heterocycles. The number of aliphatic carboxylic acids is 1. The summed E-state index contributed by atoms with van der Waals surface area (Å²) in [6.07, 6.45) is 12.7. The van der Waals surface area contributed by atoms with Crippen molar-refractivity contribution in [2.45, 2.75) is 76.9 Å². The third-order valence-corrected chi connectivity index (χ3v) is 7.57. The molecule has 0 amide bonds. The van der Waals surface area contributed by atoms with Gasteiger partial charge < -0.3 is 9.84 Å². The van der Waals surface area contributed by atoms with Gasteiger partial charge in [0.15, 0.2) is 0 Å². The third-order valence-electron chi connectivity index (χ3n) is 5.34. The average Bonchev–Trinajstić information content (AvgIpc) is 3.15. The first-order chi connectivity index (χ1) is 11.7. The van der Waals surface area contributed by atoms with Gasteiger partial charge in [-0.2, -0.15) is 23.5 Å². The van der Waals surface area contributed by atoms with Gasteiger partial charge in [0.2, 0.25) is 0 Å². The van der Waals surface area contributed by atoms with Crippen LogP contribution in [0.25, 0.3) is 0 Å². The van der Waals surface area contributed by atoms with E-state index < -0.39 is 5.97 Å². The zero-order valence-corrected chi connectivity index (χ0v) is 16.7. The monoisotopic (exact) mass is 374 g/mol. The van der Waals surface area contributed by atoms with Gasteiger partial charge in [0.05, 0.1) is 18.0 Å². The van der Waals surface area contributed by atoms with Crippen LogP contribution in [-0.4, -0.2) is 46.3 Å². The molecule has 0 aromatic rings. The summed E-state index contributed by atoms with van der Waals surface area (Å²) < 4.78 is 6.21. The maximum Gasteiger partial charge on any atom is 0.313 e. The van der Waals surface area contributed by atoms with Gasteiger partial charge >= 0.3 is 5.97 Å². The molecule has 2 aliphatic rings. The minimum Gasteiger partial charge on any atom is -0.481 e. The summed E-state index contributed by atoms with van der Waals surface area (Å²) in [7, 11) is 0. The molecule has 0 spiro atoms. The number of rotatable bonds is 14. The Bertz CT molecular complexity index is 365. The van der Waals surface area contributed by atoms with Crippen LogP contribution in [-0.2, 0) is 9.53 Å². The molecular formula is C19H34O3S2. The van der Waals surface area contributed by atoms with E-state index in [9.17, 15) is 4.79 Å². The fourth-order valence-corrected chi connectivity index (χ4v) is 6.13. The number of carboxylic acids is 1. The first-order valence-corrected chi connectivity index (χ1v) is 12.1. The maximum atomic E-state index is 10.5. The van der Waals surface area contributed by atoms with Crippen molar-refractivity contribution in [1.29, 1.82) is 0 Å². The molecule has 2 aliphatic heterocycles. The van der Waals surface area contributed by atoms with E-state index in [2.05, 4.69) is 18.7 Å². The van der Waals surface area contributed by atoms with Gasteiger partial charge in [-0.3, -0.25) is 4.79 Å². The van der Waals surface area contributed by atoms with Gasteiger partial charge in [0.1, 0.15) is 0 Å². The van der Waals surface area contributed by atoms with E-state index in [1.165, 1.54) is 62.9 Å². The molecule has 3 nitrogen and oxygen atoms in total. The Morgan fingerprint density at radius 1 is 1.00 bits per heavy atom. The molecule has 0 radical (unpaired) electrons. The lowest BCUT2D eigenvalue weighted by atomic mass is 9.78. The molecule has 2 fully saturated rings. The first kappa shape index (κ1) is 20.4. The molecule has 2 rings (SSSR count). The zero-order chi connectivity index (χ0) is 17.2. The predicted octanol–water partition coefficient (Wildman–Crippen LogP) is 5.08. The standard InChI is InChI=1S/C19H34O3S2/c1-2-3-4-6-11-23-13-16-15(17-9-10-18(16)22-17)8-5-7-12-24-14-19(20)21/h15-18H,2-14H2,1H3,(H,20,21)/t15-,16+,17-,18+/m0/s1. The number of carbonyl (C=O) groups is 1. The largest absolute Gasteiger partial charge is 0.481 e. The van der Waals surface area contributed by atoms with Crippen molar-refractivity contribution < 1.29 is 14.6 Å². The molecule has 0 aromatic heterocycles. The van der Waals surface area contributed by atoms with Crippen molar-refractivity contribution in [3.05, 3.63) is 0 Å². The fourth-order valence-electron chi connectivity index (χ4n) is 4.10. The lowest BCUT2D eigenvalue weighted by molar-refractivity contribution is -0.133. The van der Waals surface area contributed by atoms with Crippen LogP contribution in [0.2, 0.25) is 0 Å². The van der Waals surface area contributed by atoms with Crippen molar-refractivity contribution in [3.63, 3.8) is 0 Å². The Labute approximate surface area is 156 Å². The van der Waals surface area contributed by atoms with Crippen molar-refractivity contribution in [3.8, 4) is 0 Å². The number of fused-ring (bicyclic) bond motifs is 2. The minimum absolute atomic E-state index is 0.245. The van der Waals surface area contributed by atoms with Crippen LogP contribution in [0.3, 0.4) is 0 Å². The number of hydrogen-bond acceptors (Lipinski definition) is 4. The van der Waals surface area contributed by atoms with Crippen LogP contribution in [0, 0.1) is 11.8 Å². The fraction of sp³-hybridized carbons (Fsp3) is 0.947. The number of carboxylic acid groups (broad SMARTS) is 1. The molecule has 0 saturated carbocycles. The smallest absolute Gasteiger partial charge is 0.313 e. The van der Waals surface area contributed by atoms with E-state index in [-0.39, 0.29) is 5.75 Å². The SMILES string of the molecule is CCCCCCSC[C@@H]1[C@H](CCCCSCC(=O)O)[C@@H]2CC[C@H]1O2. The molecule has 2 heterocycles. The van der Waals surface area contributed by atoms with Crippen LogP contribution in [0.15, 0.2) is 0 Å². The quantitative estimate of drug-likeness (QED) is 0.430. The van der Waals surface area contributed by atoms with E-state index >= 15 is 0 Å². The first-order valence-electron chi connectivity index (χ1n) is 9.75. The van der Waals surface area contributed by atoms with Crippen LogP contribution in [0.5, 0.6) is 0 Å². The number of ether oxygens (including phenoxy) is 1. The molecule has 0 aromatic carbocycles. The van der Waals surface area contributed by atoms with Crippen LogP contribution in [0.1, 0.15) is 64.7 Å². The van der Waals surface area contributed by atoms with E-state index in [0.29, 0.717) is 12.2 Å². The summed E-state index contributed by atoms with van der Waals surface area (Å²) in [4.78, 5) is 10.5. The van der Waals surface area contributed by atoms with Gasteiger partial charge in [0, 0.05) is 0 Å². The Balaban J connectivity index is 1.59. The highest BCUT2D eigenvalue weighted by atomic mass is 32.2. The lowest BCUT2D eigenvalue weighted by Crippen LogP contribution is -2.29. The van der Waals surface area contributed by atoms with Gasteiger partial charge in [-0.15, -0.1) is 0 Å². The van der Waals surface area contributed by atoms with E-state index in [4.69, 9.17) is 9.84 Å². The summed E-state index contributed by atoms with van der Waals surface area (Å²) in [5, 5.41) is 8.66. The maximum absolute atomic E-state index is 10.5. The molecule has 2 bridgehead atoms. The molecular weight excluding hydrogens is 340 g/mol. The molecule has 140 valence electrons. The van der Waals surface area contributed by atoms with Crippen molar-refractivity contribution >= 4 is 29.5 Å². The second-order valence-electron chi connectivity index (χ2n) is 7.20. The van der Waals surface area contributed by atoms with E-state index in [0.717, 1.165) is 24.0 Å². The molecule has 24 heavy (non-hydrogen) atoms. The third kappa shape index (κ3) is 6.80. The second kappa shape index (κ2) is 11.7. The van der Waals surface area contributed by atoms with E-state index in [1.807, 2.05) is 0 Å². The topological polar surface area (TPSA) is 46.5 Å². The summed E-state index contributed by atoms with van der Waals surface area (Å²) in [5.74, 6) is 4.65. The normalized spacial score (nSPS) is 28.5. The summed E-state index contributed by atoms with van der Waals surface area (Å²) in [6, 6.07) is 0. The van der Waals surface area contributed by atoms with Crippen molar-refractivity contribution in [2.75, 3.05) is 23.0 Å². The van der Waals surface area contributed by atoms with Gasteiger partial charge in [-0.05, 0) is 61.2 Å². The second-order valence-corrected chi connectivity index (χ2v) is 9.45. The summed E-state index contributed by atoms with van der Waals surface area (Å²) in [6.45, 7) is 2.27. The Hall–Kier alpha value is 0.130. The highest BCUT2D eigenvalue weighted by Crippen LogP contribution is 2.46. The minimum atomic E-state index is -0.697. The van der Waals surface area contributed by atoms with Crippen molar-refractivity contribution in [1.82, 2.24) is 0 Å².